The number of ether oxygens (including phenoxy) is 2. The van der Waals surface area contributed by atoms with E-state index in [0.29, 0.717) is 25.3 Å². The number of aryl methyl sites for hydroxylation is 1. The molecule has 0 fully saturated rings. The molecule has 0 spiro atoms. The largest absolute Gasteiger partial charge is 0.497 e. The monoisotopic (exact) mass is 386 g/mol. The number of thiazole rings is 1. The van der Waals surface area contributed by atoms with Gasteiger partial charge in [-0.2, -0.15) is 0 Å². The zero-order valence-corrected chi connectivity index (χ0v) is 16.2. The van der Waals surface area contributed by atoms with E-state index in [0.717, 1.165) is 32.6 Å². The number of fused-ring (bicyclic) bond motifs is 1. The van der Waals surface area contributed by atoms with Crippen LogP contribution in [0.4, 0.5) is 0 Å². The highest BCUT2D eigenvalue weighted by Crippen LogP contribution is 2.31. The third kappa shape index (κ3) is 3.32. The summed E-state index contributed by atoms with van der Waals surface area (Å²) in [6.45, 7) is 3.52. The molecule has 1 amide bonds. The van der Waals surface area contributed by atoms with Crippen molar-refractivity contribution in [2.24, 2.45) is 0 Å². The van der Waals surface area contributed by atoms with Crippen LogP contribution in [-0.2, 0) is 6.54 Å². The summed E-state index contributed by atoms with van der Waals surface area (Å²) < 4.78 is 11.1. The number of carbonyl (C=O) groups excluding carboxylic acids is 1. The summed E-state index contributed by atoms with van der Waals surface area (Å²) >= 11 is 3.17. The second-order valence-corrected chi connectivity index (χ2v) is 7.97. The summed E-state index contributed by atoms with van der Waals surface area (Å²) in [5.41, 5.74) is 2.59. The molecule has 0 unspecified atom stereocenters. The standard InChI is InChI=1S/C19H18N2O3S2/c1-12-20-16(11-25-12)18-8-14(10-26-18)19(22)21-5-6-24-17-4-3-15(23-2)7-13(17)9-21/h3-4,7-8,10-11H,5-6,9H2,1-2H3. The van der Waals surface area contributed by atoms with Crippen LogP contribution in [-0.4, -0.2) is 36.1 Å². The molecule has 0 radical (unpaired) electrons. The van der Waals surface area contributed by atoms with Gasteiger partial charge >= 0.3 is 0 Å². The van der Waals surface area contributed by atoms with Gasteiger partial charge in [0.05, 0.1) is 34.8 Å². The molecule has 0 saturated heterocycles. The van der Waals surface area contributed by atoms with Crippen LogP contribution >= 0.6 is 22.7 Å². The molecule has 5 nitrogen and oxygen atoms in total. The van der Waals surface area contributed by atoms with Gasteiger partial charge in [0.2, 0.25) is 0 Å². The Bertz CT molecular complexity index is 948. The fourth-order valence-electron chi connectivity index (χ4n) is 2.91. The summed E-state index contributed by atoms with van der Waals surface area (Å²) in [6, 6.07) is 7.63. The van der Waals surface area contributed by atoms with Crippen LogP contribution in [0, 0.1) is 6.92 Å². The number of amides is 1. The van der Waals surface area contributed by atoms with Crippen LogP contribution in [0.25, 0.3) is 10.6 Å². The highest BCUT2D eigenvalue weighted by molar-refractivity contribution is 7.14. The van der Waals surface area contributed by atoms with E-state index in [1.54, 1.807) is 29.8 Å². The number of nitrogens with zero attached hydrogens (tertiary/aromatic N) is 2. The van der Waals surface area contributed by atoms with Gasteiger partial charge in [-0.25, -0.2) is 4.98 Å². The molecule has 134 valence electrons. The normalized spacial score (nSPS) is 13.7. The van der Waals surface area contributed by atoms with Crippen LogP contribution in [0.5, 0.6) is 11.5 Å². The Kier molecular flexibility index (Phi) is 4.65. The Morgan fingerprint density at radius 3 is 2.92 bits per heavy atom. The predicted octanol–water partition coefficient (Wildman–Crippen LogP) is 4.22. The first-order valence-corrected chi connectivity index (χ1v) is 10.00. The maximum absolute atomic E-state index is 13.0. The lowest BCUT2D eigenvalue weighted by molar-refractivity contribution is 0.0734. The molecule has 3 heterocycles. The summed E-state index contributed by atoms with van der Waals surface area (Å²) in [5.74, 6) is 1.59. The van der Waals surface area contributed by atoms with Gasteiger partial charge in [-0.05, 0) is 31.2 Å². The van der Waals surface area contributed by atoms with Crippen molar-refractivity contribution in [2.45, 2.75) is 13.5 Å². The highest BCUT2D eigenvalue weighted by atomic mass is 32.1. The third-order valence-electron chi connectivity index (χ3n) is 4.25. The molecule has 0 aliphatic carbocycles. The Morgan fingerprint density at radius 1 is 1.27 bits per heavy atom. The van der Waals surface area contributed by atoms with E-state index in [4.69, 9.17) is 9.47 Å². The molecule has 26 heavy (non-hydrogen) atoms. The number of hydrogen-bond donors (Lipinski definition) is 0. The number of carbonyl (C=O) groups is 1. The van der Waals surface area contributed by atoms with Gasteiger partial charge < -0.3 is 14.4 Å². The van der Waals surface area contributed by atoms with Gasteiger partial charge in [0.1, 0.15) is 18.1 Å². The lowest BCUT2D eigenvalue weighted by atomic mass is 10.1. The average Bonchev–Trinajstić information content (AvgIpc) is 3.25. The maximum atomic E-state index is 13.0. The number of aromatic nitrogens is 1. The summed E-state index contributed by atoms with van der Waals surface area (Å²) in [6.07, 6.45) is 0. The van der Waals surface area contributed by atoms with Crippen molar-refractivity contribution in [1.29, 1.82) is 0 Å². The number of benzene rings is 1. The van der Waals surface area contributed by atoms with Crippen molar-refractivity contribution in [3.05, 3.63) is 51.2 Å². The van der Waals surface area contributed by atoms with E-state index in [2.05, 4.69) is 4.98 Å². The van der Waals surface area contributed by atoms with Crippen molar-refractivity contribution in [3.63, 3.8) is 0 Å². The smallest absolute Gasteiger partial charge is 0.255 e. The number of methoxy groups -OCH3 is 1. The number of rotatable bonds is 3. The van der Waals surface area contributed by atoms with Crippen LogP contribution in [0.15, 0.2) is 35.0 Å². The first-order valence-electron chi connectivity index (χ1n) is 8.24. The third-order valence-corrected chi connectivity index (χ3v) is 5.98. The van der Waals surface area contributed by atoms with E-state index in [1.807, 2.05) is 46.8 Å². The molecular weight excluding hydrogens is 368 g/mol. The van der Waals surface area contributed by atoms with E-state index in [-0.39, 0.29) is 5.91 Å². The molecule has 4 rings (SSSR count). The fraction of sp³-hybridized carbons (Fsp3) is 0.263. The molecule has 7 heteroatoms. The minimum Gasteiger partial charge on any atom is -0.497 e. The minimum absolute atomic E-state index is 0.0127. The highest BCUT2D eigenvalue weighted by Gasteiger charge is 2.22. The molecule has 0 N–H and O–H groups in total. The lowest BCUT2D eigenvalue weighted by Gasteiger charge is -2.19. The first kappa shape index (κ1) is 17.1. The number of hydrogen-bond acceptors (Lipinski definition) is 6. The van der Waals surface area contributed by atoms with Gasteiger partial charge in [0, 0.05) is 22.9 Å². The van der Waals surface area contributed by atoms with Gasteiger partial charge in [-0.15, -0.1) is 22.7 Å². The Hall–Kier alpha value is -2.38. The lowest BCUT2D eigenvalue weighted by Crippen LogP contribution is -2.32. The van der Waals surface area contributed by atoms with Crippen molar-refractivity contribution in [3.8, 4) is 22.1 Å². The van der Waals surface area contributed by atoms with Crippen LogP contribution in [0.3, 0.4) is 0 Å². The van der Waals surface area contributed by atoms with Gasteiger partial charge in [-0.3, -0.25) is 4.79 Å². The molecule has 1 aliphatic heterocycles. The SMILES string of the molecule is COc1ccc2c(c1)CN(C(=O)c1csc(-c3csc(C)n3)c1)CCO2. The quantitative estimate of drug-likeness (QED) is 0.676. The summed E-state index contributed by atoms with van der Waals surface area (Å²) in [5, 5.41) is 4.96. The molecule has 1 aliphatic rings. The molecule has 0 atom stereocenters. The van der Waals surface area contributed by atoms with Gasteiger partial charge in [0.25, 0.3) is 5.91 Å². The zero-order valence-electron chi connectivity index (χ0n) is 14.5. The Balaban J connectivity index is 1.57. The predicted molar refractivity (Wildman–Crippen MR) is 103 cm³/mol. The van der Waals surface area contributed by atoms with Crippen molar-refractivity contribution in [1.82, 2.24) is 9.88 Å². The Morgan fingerprint density at radius 2 is 2.15 bits per heavy atom. The first-order chi connectivity index (χ1) is 12.6. The summed E-state index contributed by atoms with van der Waals surface area (Å²) in [7, 11) is 1.63. The minimum atomic E-state index is 0.0127. The van der Waals surface area contributed by atoms with Gasteiger partial charge in [0.15, 0.2) is 0 Å². The number of thiophene rings is 1. The fourth-order valence-corrected chi connectivity index (χ4v) is 4.44. The van der Waals surface area contributed by atoms with Crippen molar-refractivity contribution >= 4 is 28.6 Å². The second kappa shape index (κ2) is 7.09. The molecule has 0 bridgehead atoms. The Labute approximate surface area is 159 Å². The van der Waals surface area contributed by atoms with Gasteiger partial charge in [-0.1, -0.05) is 0 Å². The molecule has 3 aromatic rings. The molecular formula is C19H18N2O3S2. The van der Waals surface area contributed by atoms with E-state index >= 15 is 0 Å². The van der Waals surface area contributed by atoms with Crippen LogP contribution in [0.1, 0.15) is 20.9 Å². The second-order valence-electron chi connectivity index (χ2n) is 6.00. The zero-order chi connectivity index (χ0) is 18.1. The van der Waals surface area contributed by atoms with Crippen LogP contribution in [0.2, 0.25) is 0 Å². The van der Waals surface area contributed by atoms with E-state index in [9.17, 15) is 4.79 Å². The van der Waals surface area contributed by atoms with Crippen molar-refractivity contribution < 1.29 is 14.3 Å². The van der Waals surface area contributed by atoms with E-state index < -0.39 is 0 Å². The summed E-state index contributed by atoms with van der Waals surface area (Å²) in [4.78, 5) is 20.3. The molecule has 2 aromatic heterocycles. The van der Waals surface area contributed by atoms with Crippen LogP contribution < -0.4 is 9.47 Å². The maximum Gasteiger partial charge on any atom is 0.255 e. The molecule has 0 saturated carbocycles. The average molecular weight is 386 g/mol. The van der Waals surface area contributed by atoms with E-state index in [1.165, 1.54) is 0 Å². The molecule has 1 aromatic carbocycles. The van der Waals surface area contributed by atoms with Crippen molar-refractivity contribution in [2.75, 3.05) is 20.3 Å². The topological polar surface area (TPSA) is 51.7 Å².